The summed E-state index contributed by atoms with van der Waals surface area (Å²) in [6.45, 7) is 6.30. The lowest BCUT2D eigenvalue weighted by Crippen LogP contribution is -2.72. The van der Waals surface area contributed by atoms with Gasteiger partial charge in [-0.25, -0.2) is 15.0 Å². The van der Waals surface area contributed by atoms with E-state index in [-0.39, 0.29) is 12.3 Å². The molecule has 0 aromatic heterocycles. The normalized spacial score (nSPS) is 18.7. The number of carbonyl (C=O) groups excluding carboxylic acids is 4. The first-order chi connectivity index (χ1) is 18.5. The first-order valence-corrected chi connectivity index (χ1v) is 13.5. The first-order valence-electron chi connectivity index (χ1n) is 12.4. The summed E-state index contributed by atoms with van der Waals surface area (Å²) in [5.74, 6) is -1.35. The summed E-state index contributed by atoms with van der Waals surface area (Å²) < 4.78 is 16.4. The Hall–Kier alpha value is -3.83. The van der Waals surface area contributed by atoms with Crippen molar-refractivity contribution in [3.8, 4) is 0 Å². The Morgan fingerprint density at radius 2 is 1.62 bits per heavy atom. The maximum Gasteiger partial charge on any atom is 0.422 e. The SMILES string of the molecule is CC(=O)OCC1=C(C(=O)OC(c2ccccc2)c2ccccc2)N2C(=O)[C@@H](NNC(=O)OC(C)(C)C)[C@@H]2SC1. The Kier molecular flexibility index (Phi) is 8.61. The van der Waals surface area contributed by atoms with Gasteiger partial charge in [0.25, 0.3) is 0 Å². The Bertz CT molecular complexity index is 1220. The average Bonchev–Trinajstić information content (AvgIpc) is 2.89. The summed E-state index contributed by atoms with van der Waals surface area (Å²) in [6, 6.07) is 17.8. The number of ether oxygens (including phenoxy) is 3. The van der Waals surface area contributed by atoms with Crippen LogP contribution in [0.3, 0.4) is 0 Å². The minimum Gasteiger partial charge on any atom is -0.461 e. The van der Waals surface area contributed by atoms with Crippen molar-refractivity contribution in [3.05, 3.63) is 83.1 Å². The van der Waals surface area contributed by atoms with Gasteiger partial charge in [-0.15, -0.1) is 11.8 Å². The molecule has 206 valence electrons. The third-order valence-corrected chi connectivity index (χ3v) is 7.19. The van der Waals surface area contributed by atoms with Crippen LogP contribution in [0, 0.1) is 0 Å². The lowest BCUT2D eigenvalue weighted by molar-refractivity contribution is -0.154. The third-order valence-electron chi connectivity index (χ3n) is 5.85. The molecule has 1 saturated heterocycles. The minimum atomic E-state index is -0.792. The number of thioether (sulfide) groups is 1. The highest BCUT2D eigenvalue weighted by molar-refractivity contribution is 8.00. The summed E-state index contributed by atoms with van der Waals surface area (Å²) in [6.07, 6.45) is -1.46. The van der Waals surface area contributed by atoms with E-state index in [4.69, 9.17) is 14.2 Å². The molecule has 2 N–H and O–H groups in total. The monoisotopic (exact) mass is 553 g/mol. The number of rotatable bonds is 8. The Labute approximate surface area is 231 Å². The largest absolute Gasteiger partial charge is 0.461 e. The molecule has 1 fully saturated rings. The van der Waals surface area contributed by atoms with Gasteiger partial charge in [-0.1, -0.05) is 60.7 Å². The molecule has 0 bridgehead atoms. The van der Waals surface area contributed by atoms with E-state index < -0.39 is 47.1 Å². The number of benzene rings is 2. The number of nitrogens with one attached hydrogen (secondary N) is 2. The van der Waals surface area contributed by atoms with Crippen molar-refractivity contribution in [2.24, 2.45) is 0 Å². The molecule has 0 radical (unpaired) electrons. The van der Waals surface area contributed by atoms with Crippen molar-refractivity contribution < 1.29 is 33.4 Å². The first kappa shape index (κ1) is 28.2. The zero-order valence-electron chi connectivity index (χ0n) is 22.1. The van der Waals surface area contributed by atoms with Crippen LogP contribution in [0.1, 0.15) is 44.9 Å². The fourth-order valence-corrected chi connectivity index (χ4v) is 5.49. The quantitative estimate of drug-likeness (QED) is 0.219. The summed E-state index contributed by atoms with van der Waals surface area (Å²) in [5, 5.41) is -0.497. The number of carbonyl (C=O) groups is 4. The van der Waals surface area contributed by atoms with Crippen LogP contribution in [-0.2, 0) is 28.6 Å². The zero-order chi connectivity index (χ0) is 28.2. The van der Waals surface area contributed by atoms with Gasteiger partial charge in [0.2, 0.25) is 5.91 Å². The van der Waals surface area contributed by atoms with Crippen molar-refractivity contribution >= 4 is 35.7 Å². The Balaban J connectivity index is 1.58. The van der Waals surface area contributed by atoms with Crippen LogP contribution < -0.4 is 10.9 Å². The fraction of sp³-hybridized carbons (Fsp3) is 0.357. The highest BCUT2D eigenvalue weighted by atomic mass is 32.2. The van der Waals surface area contributed by atoms with Crippen molar-refractivity contribution in [1.29, 1.82) is 0 Å². The number of hydrogen-bond donors (Lipinski definition) is 2. The van der Waals surface area contributed by atoms with Crippen molar-refractivity contribution in [1.82, 2.24) is 15.8 Å². The van der Waals surface area contributed by atoms with E-state index in [1.807, 2.05) is 60.7 Å². The molecular formula is C28H31N3O7S. The van der Waals surface area contributed by atoms with Crippen LogP contribution in [0.25, 0.3) is 0 Å². The van der Waals surface area contributed by atoms with Crippen molar-refractivity contribution in [2.45, 2.75) is 50.8 Å². The lowest BCUT2D eigenvalue weighted by atomic mass is 10.0. The number of nitrogens with zero attached hydrogens (tertiary/aromatic N) is 1. The number of fused-ring (bicyclic) bond motifs is 1. The van der Waals surface area contributed by atoms with Gasteiger partial charge in [-0.3, -0.25) is 19.9 Å². The molecule has 2 heterocycles. The smallest absolute Gasteiger partial charge is 0.422 e. The van der Waals surface area contributed by atoms with Crippen LogP contribution in [0.15, 0.2) is 71.9 Å². The predicted octanol–water partition coefficient (Wildman–Crippen LogP) is 3.45. The Morgan fingerprint density at radius 1 is 1.03 bits per heavy atom. The van der Waals surface area contributed by atoms with E-state index in [9.17, 15) is 19.2 Å². The third kappa shape index (κ3) is 6.79. The standard InChI is InChI=1S/C28H31N3O7S/c1-17(32)36-15-20-16-39-25-21(29-30-27(35)38-28(2,3)4)24(33)31(25)22(20)26(34)37-23(18-11-7-5-8-12-18)19-13-9-6-10-14-19/h5-14,21,23,25,29H,15-16H2,1-4H3,(H,30,35)/t21-,25+/m1/s1. The van der Waals surface area contributed by atoms with Crippen molar-refractivity contribution in [2.75, 3.05) is 12.4 Å². The van der Waals surface area contributed by atoms with Gasteiger partial charge in [-0.05, 0) is 31.9 Å². The van der Waals surface area contributed by atoms with Gasteiger partial charge in [0.1, 0.15) is 29.3 Å². The maximum absolute atomic E-state index is 13.7. The molecule has 0 spiro atoms. The highest BCUT2D eigenvalue weighted by Crippen LogP contribution is 2.41. The van der Waals surface area contributed by atoms with Crippen LogP contribution in [0.2, 0.25) is 0 Å². The Morgan fingerprint density at radius 3 is 2.15 bits per heavy atom. The number of amides is 2. The molecule has 2 atom stereocenters. The zero-order valence-corrected chi connectivity index (χ0v) is 22.9. The number of β-lactam (4-membered cyclic amide) rings is 1. The maximum atomic E-state index is 13.7. The van der Waals surface area contributed by atoms with Crippen LogP contribution in [0.5, 0.6) is 0 Å². The van der Waals surface area contributed by atoms with Crippen LogP contribution >= 0.6 is 11.8 Å². The van der Waals surface area contributed by atoms with Crippen LogP contribution in [0.4, 0.5) is 4.79 Å². The predicted molar refractivity (Wildman–Crippen MR) is 144 cm³/mol. The van der Waals surface area contributed by atoms with Gasteiger partial charge in [0.15, 0.2) is 6.10 Å². The molecule has 0 saturated carbocycles. The summed E-state index contributed by atoms with van der Waals surface area (Å²) in [7, 11) is 0. The van der Waals surface area contributed by atoms with Crippen molar-refractivity contribution in [3.63, 3.8) is 0 Å². The second-order valence-corrected chi connectivity index (χ2v) is 11.1. The lowest BCUT2D eigenvalue weighted by Gasteiger charge is -2.49. The molecule has 4 rings (SSSR count). The van der Waals surface area contributed by atoms with E-state index in [1.54, 1.807) is 20.8 Å². The molecule has 2 amide bonds. The average molecular weight is 554 g/mol. The van der Waals surface area contributed by atoms with Gasteiger partial charge < -0.3 is 14.2 Å². The molecule has 2 aliphatic rings. The molecule has 2 aliphatic heterocycles. The molecule has 2 aromatic carbocycles. The minimum absolute atomic E-state index is 0.0391. The molecular weight excluding hydrogens is 522 g/mol. The molecule has 0 aliphatic carbocycles. The molecule has 2 aromatic rings. The van der Waals surface area contributed by atoms with Crippen LogP contribution in [-0.4, -0.2) is 58.2 Å². The van der Waals surface area contributed by atoms with Gasteiger partial charge >= 0.3 is 18.0 Å². The molecule has 11 heteroatoms. The van der Waals surface area contributed by atoms with E-state index in [1.165, 1.54) is 23.6 Å². The number of hydrazine groups is 1. The van der Waals surface area contributed by atoms with E-state index >= 15 is 0 Å². The molecule has 39 heavy (non-hydrogen) atoms. The number of hydrogen-bond acceptors (Lipinski definition) is 9. The highest BCUT2D eigenvalue weighted by Gasteiger charge is 2.54. The van der Waals surface area contributed by atoms with E-state index in [0.717, 1.165) is 11.1 Å². The summed E-state index contributed by atoms with van der Waals surface area (Å²) in [5.41, 5.74) is 6.43. The molecule has 0 unspecified atom stereocenters. The summed E-state index contributed by atoms with van der Waals surface area (Å²) >= 11 is 1.38. The van der Waals surface area contributed by atoms with Gasteiger partial charge in [-0.2, -0.15) is 0 Å². The van der Waals surface area contributed by atoms with E-state index in [2.05, 4.69) is 10.9 Å². The van der Waals surface area contributed by atoms with Gasteiger partial charge in [0.05, 0.1) is 0 Å². The van der Waals surface area contributed by atoms with Gasteiger partial charge in [0, 0.05) is 18.2 Å². The number of esters is 2. The second-order valence-electron chi connectivity index (χ2n) is 10.00. The summed E-state index contributed by atoms with van der Waals surface area (Å²) in [4.78, 5) is 51.9. The second kappa shape index (κ2) is 11.9. The topological polar surface area (TPSA) is 123 Å². The molecule has 10 nitrogen and oxygen atoms in total. The fourth-order valence-electron chi connectivity index (χ4n) is 4.16. The van der Waals surface area contributed by atoms with E-state index in [0.29, 0.717) is 11.3 Å².